The molecule has 0 aliphatic rings. The first-order chi connectivity index (χ1) is 28.7. The largest absolute Gasteiger partial charge is 0.456 e. The van der Waals surface area contributed by atoms with Crippen molar-refractivity contribution in [2.45, 2.75) is 0 Å². The highest BCUT2D eigenvalue weighted by Gasteiger charge is 2.21. The van der Waals surface area contributed by atoms with E-state index in [1.807, 2.05) is 12.1 Å². The van der Waals surface area contributed by atoms with Crippen LogP contribution in [-0.4, -0.2) is 9.13 Å². The molecule has 0 N–H and O–H groups in total. The van der Waals surface area contributed by atoms with E-state index in [0.29, 0.717) is 0 Å². The van der Waals surface area contributed by atoms with Gasteiger partial charge in [0.2, 0.25) is 0 Å². The van der Waals surface area contributed by atoms with E-state index in [-0.39, 0.29) is 0 Å². The van der Waals surface area contributed by atoms with Crippen molar-refractivity contribution < 1.29 is 8.83 Å². The monoisotopic (exact) mass is 740 g/mol. The van der Waals surface area contributed by atoms with Crippen molar-refractivity contribution in [1.29, 1.82) is 0 Å². The van der Waals surface area contributed by atoms with E-state index in [1.165, 1.54) is 43.6 Å². The fraction of sp³-hybridized carbons (Fsp3) is 0. The van der Waals surface area contributed by atoms with Gasteiger partial charge in [0.15, 0.2) is 0 Å². The smallest absolute Gasteiger partial charge is 0.143 e. The Hall–Kier alpha value is -7.82. The molecule has 13 rings (SSSR count). The maximum Gasteiger partial charge on any atom is 0.143 e. The van der Waals surface area contributed by atoms with Crippen LogP contribution >= 0.6 is 0 Å². The molecule has 0 unspecified atom stereocenters. The summed E-state index contributed by atoms with van der Waals surface area (Å²) in [5.74, 6) is 0. The van der Waals surface area contributed by atoms with Crippen molar-refractivity contribution >= 4 is 87.5 Å². The van der Waals surface area contributed by atoms with Gasteiger partial charge in [-0.15, -0.1) is 0 Å². The van der Waals surface area contributed by atoms with E-state index in [9.17, 15) is 0 Å². The number of benzene rings is 9. The Bertz CT molecular complexity index is 3790. The molecular weight excluding hydrogens is 709 g/mol. The maximum atomic E-state index is 6.96. The lowest BCUT2D eigenvalue weighted by atomic mass is 9.94. The molecule has 0 aliphatic carbocycles. The minimum Gasteiger partial charge on any atom is -0.456 e. The first kappa shape index (κ1) is 31.4. The number of furan rings is 2. The Morgan fingerprint density at radius 2 is 0.759 bits per heavy atom. The van der Waals surface area contributed by atoms with Crippen LogP contribution in [-0.2, 0) is 0 Å². The minimum absolute atomic E-state index is 0.843. The van der Waals surface area contributed by atoms with Gasteiger partial charge in [0.25, 0.3) is 0 Å². The van der Waals surface area contributed by atoms with Gasteiger partial charge in [-0.3, -0.25) is 0 Å². The highest BCUT2D eigenvalue weighted by molar-refractivity contribution is 6.19. The van der Waals surface area contributed by atoms with E-state index < -0.39 is 0 Å². The van der Waals surface area contributed by atoms with Gasteiger partial charge in [0.05, 0.1) is 22.1 Å². The van der Waals surface area contributed by atoms with Crippen molar-refractivity contribution in [3.05, 3.63) is 194 Å². The van der Waals surface area contributed by atoms with Crippen molar-refractivity contribution in [3.8, 4) is 33.6 Å². The van der Waals surface area contributed by atoms with Crippen LogP contribution in [0, 0.1) is 0 Å². The van der Waals surface area contributed by atoms with Crippen LogP contribution in [0.5, 0.6) is 0 Å². The average Bonchev–Trinajstić information content (AvgIpc) is 4.03. The molecule has 58 heavy (non-hydrogen) atoms. The summed E-state index contributed by atoms with van der Waals surface area (Å²) in [4.78, 5) is 0. The van der Waals surface area contributed by atoms with Gasteiger partial charge < -0.3 is 18.0 Å². The molecule has 0 atom stereocenters. The van der Waals surface area contributed by atoms with Crippen LogP contribution in [0.3, 0.4) is 0 Å². The summed E-state index contributed by atoms with van der Waals surface area (Å²) in [6.45, 7) is 0. The molecular formula is C54H32N2O2. The van der Waals surface area contributed by atoms with E-state index in [2.05, 4.69) is 191 Å². The Labute approximate surface area is 332 Å². The first-order valence-electron chi connectivity index (χ1n) is 19.7. The Morgan fingerprint density at radius 1 is 0.276 bits per heavy atom. The lowest BCUT2D eigenvalue weighted by Crippen LogP contribution is -1.93. The summed E-state index contributed by atoms with van der Waals surface area (Å²) >= 11 is 0. The van der Waals surface area contributed by atoms with Gasteiger partial charge >= 0.3 is 0 Å². The molecule has 0 amide bonds. The summed E-state index contributed by atoms with van der Waals surface area (Å²) < 4.78 is 18.1. The topological polar surface area (TPSA) is 36.1 Å². The number of aromatic nitrogens is 2. The standard InChI is InChI=1S/C54H32N2O2/c1-3-13-36(14-4-1)55-47-20-10-7-17-38(47)42-27-33(23-25-49(42)55)35-29-41(54-46(30-35)45-32-52-44(31-53(45)58-54)40-19-9-12-22-51(40)57-52)34-24-26-50-43(28-34)39-18-8-11-21-48(39)56(50)37-15-5-2-6-16-37/h1-32H. The lowest BCUT2D eigenvalue weighted by molar-refractivity contribution is 0.664. The van der Waals surface area contributed by atoms with Crippen LogP contribution in [0.1, 0.15) is 0 Å². The first-order valence-corrected chi connectivity index (χ1v) is 19.7. The molecule has 270 valence electrons. The second kappa shape index (κ2) is 11.8. The van der Waals surface area contributed by atoms with Crippen LogP contribution in [0.25, 0.3) is 121 Å². The number of nitrogens with zero attached hydrogens (tertiary/aromatic N) is 2. The van der Waals surface area contributed by atoms with Gasteiger partial charge in [-0.25, -0.2) is 0 Å². The molecule has 0 spiro atoms. The van der Waals surface area contributed by atoms with Crippen molar-refractivity contribution in [2.24, 2.45) is 0 Å². The van der Waals surface area contributed by atoms with Crippen molar-refractivity contribution in [1.82, 2.24) is 9.13 Å². The minimum atomic E-state index is 0.843. The number of para-hydroxylation sites is 5. The Balaban J connectivity index is 1.09. The van der Waals surface area contributed by atoms with Gasteiger partial charge in [-0.2, -0.15) is 0 Å². The third-order valence-corrected chi connectivity index (χ3v) is 12.1. The fourth-order valence-electron chi connectivity index (χ4n) is 9.48. The lowest BCUT2D eigenvalue weighted by Gasteiger charge is -2.11. The summed E-state index contributed by atoms with van der Waals surface area (Å²) in [6.07, 6.45) is 0. The highest BCUT2D eigenvalue weighted by atomic mass is 16.3. The fourth-order valence-corrected chi connectivity index (χ4v) is 9.48. The summed E-state index contributed by atoms with van der Waals surface area (Å²) in [5.41, 5.74) is 14.9. The summed E-state index contributed by atoms with van der Waals surface area (Å²) in [6, 6.07) is 69.6. The predicted molar refractivity (Wildman–Crippen MR) is 241 cm³/mol. The van der Waals surface area contributed by atoms with E-state index in [1.54, 1.807) is 0 Å². The quantitative estimate of drug-likeness (QED) is 0.180. The zero-order valence-corrected chi connectivity index (χ0v) is 31.2. The van der Waals surface area contributed by atoms with Crippen molar-refractivity contribution in [2.75, 3.05) is 0 Å². The van der Waals surface area contributed by atoms with E-state index >= 15 is 0 Å². The number of hydrogen-bond acceptors (Lipinski definition) is 2. The molecule has 0 fully saturated rings. The zero-order valence-electron chi connectivity index (χ0n) is 31.2. The molecule has 4 heteroatoms. The molecule has 4 nitrogen and oxygen atoms in total. The molecule has 9 aromatic carbocycles. The Morgan fingerprint density at radius 3 is 1.41 bits per heavy atom. The molecule has 13 aromatic rings. The van der Waals surface area contributed by atoms with Gasteiger partial charge in [-0.1, -0.05) is 103 Å². The van der Waals surface area contributed by atoms with Gasteiger partial charge in [-0.05, 0) is 108 Å². The van der Waals surface area contributed by atoms with E-state index in [0.717, 1.165) is 77.5 Å². The third kappa shape index (κ3) is 4.45. The molecule has 4 heterocycles. The summed E-state index contributed by atoms with van der Waals surface area (Å²) in [5, 5.41) is 9.10. The SMILES string of the molecule is c1ccc(-n2c3ccccc3c3cc(-c4cc(-c5ccc6c(c5)c5ccccc5n6-c5ccccc5)c5oc6cc7c(cc6c5c4)oc4ccccc47)ccc32)cc1. The number of hydrogen-bond donors (Lipinski definition) is 0. The Kier molecular flexibility index (Phi) is 6.41. The average molecular weight is 741 g/mol. The zero-order chi connectivity index (χ0) is 37.9. The summed E-state index contributed by atoms with van der Waals surface area (Å²) in [7, 11) is 0. The molecule has 0 saturated heterocycles. The van der Waals surface area contributed by atoms with Gasteiger partial charge in [0, 0.05) is 60.0 Å². The van der Waals surface area contributed by atoms with Crippen molar-refractivity contribution in [3.63, 3.8) is 0 Å². The molecule has 0 aliphatic heterocycles. The highest BCUT2D eigenvalue weighted by Crippen LogP contribution is 2.44. The number of fused-ring (bicyclic) bond motifs is 12. The van der Waals surface area contributed by atoms with Crippen LogP contribution in [0.15, 0.2) is 203 Å². The molecule has 0 radical (unpaired) electrons. The molecule has 0 bridgehead atoms. The second-order valence-corrected chi connectivity index (χ2v) is 15.3. The molecule has 4 aromatic heterocycles. The number of rotatable bonds is 4. The third-order valence-electron chi connectivity index (χ3n) is 12.1. The normalized spacial score (nSPS) is 12.1. The predicted octanol–water partition coefficient (Wildman–Crippen LogP) is 15.0. The maximum absolute atomic E-state index is 6.96. The van der Waals surface area contributed by atoms with Crippen LogP contribution < -0.4 is 0 Å². The van der Waals surface area contributed by atoms with Gasteiger partial charge in [0.1, 0.15) is 22.3 Å². The second-order valence-electron chi connectivity index (χ2n) is 15.3. The molecule has 0 saturated carbocycles. The van der Waals surface area contributed by atoms with Crippen LogP contribution in [0.4, 0.5) is 0 Å². The van der Waals surface area contributed by atoms with E-state index in [4.69, 9.17) is 8.83 Å². The van der Waals surface area contributed by atoms with Crippen LogP contribution in [0.2, 0.25) is 0 Å².